The third-order valence-electron chi connectivity index (χ3n) is 3.83. The summed E-state index contributed by atoms with van der Waals surface area (Å²) < 4.78 is 6.06. The number of pyridine rings is 1. The average molecular weight is 311 g/mol. The molecular formula is C17H27ClN2O. The van der Waals surface area contributed by atoms with Gasteiger partial charge in [0.1, 0.15) is 6.10 Å². The van der Waals surface area contributed by atoms with Gasteiger partial charge in [0.15, 0.2) is 0 Å². The van der Waals surface area contributed by atoms with Crippen molar-refractivity contribution in [2.24, 2.45) is 5.92 Å². The second kappa shape index (κ2) is 8.60. The Morgan fingerprint density at radius 1 is 1.24 bits per heavy atom. The molecule has 1 saturated carbocycles. The zero-order chi connectivity index (χ0) is 15.1. The first-order valence-corrected chi connectivity index (χ1v) is 8.55. The van der Waals surface area contributed by atoms with Gasteiger partial charge in [-0.25, -0.2) is 4.98 Å². The third-order valence-corrected chi connectivity index (χ3v) is 4.17. The van der Waals surface area contributed by atoms with Gasteiger partial charge in [-0.1, -0.05) is 38.3 Å². The fourth-order valence-electron chi connectivity index (χ4n) is 2.66. The van der Waals surface area contributed by atoms with Crippen molar-refractivity contribution >= 4 is 11.6 Å². The van der Waals surface area contributed by atoms with Crippen LogP contribution in [-0.4, -0.2) is 17.6 Å². The second-order valence-electron chi connectivity index (χ2n) is 6.33. The van der Waals surface area contributed by atoms with Gasteiger partial charge in [-0.15, -0.1) is 0 Å². The molecule has 0 aliphatic heterocycles. The van der Waals surface area contributed by atoms with Gasteiger partial charge in [0.2, 0.25) is 5.88 Å². The van der Waals surface area contributed by atoms with Crippen molar-refractivity contribution in [3.8, 4) is 5.88 Å². The minimum absolute atomic E-state index is 0.317. The molecule has 0 bridgehead atoms. The summed E-state index contributed by atoms with van der Waals surface area (Å²) in [5.74, 6) is 1.34. The zero-order valence-corrected chi connectivity index (χ0v) is 14.0. The maximum absolute atomic E-state index is 6.22. The van der Waals surface area contributed by atoms with E-state index in [4.69, 9.17) is 16.3 Å². The molecule has 0 radical (unpaired) electrons. The summed E-state index contributed by atoms with van der Waals surface area (Å²) in [5.41, 5.74) is 0.878. The lowest BCUT2D eigenvalue weighted by Gasteiger charge is -2.17. The molecule has 1 N–H and O–H groups in total. The molecule has 0 aromatic carbocycles. The Hall–Kier alpha value is -0.800. The lowest BCUT2D eigenvalue weighted by Crippen LogP contribution is -2.20. The molecule has 0 unspecified atom stereocenters. The van der Waals surface area contributed by atoms with Crippen LogP contribution >= 0.6 is 11.6 Å². The molecule has 1 aliphatic rings. The van der Waals surface area contributed by atoms with Crippen molar-refractivity contribution < 1.29 is 4.74 Å². The molecule has 118 valence electrons. The smallest absolute Gasteiger partial charge is 0.213 e. The standard InChI is InChI=1S/C17H27ClN2O/c1-13(2)11-19-12-16-15(18)9-10-17(20-16)21-14-7-5-3-4-6-8-14/h9-10,13-14,19H,3-8,11-12H2,1-2H3. The van der Waals surface area contributed by atoms with Crippen LogP contribution in [0.1, 0.15) is 58.1 Å². The number of nitrogens with zero attached hydrogens (tertiary/aromatic N) is 1. The Kier molecular flexibility index (Phi) is 6.78. The van der Waals surface area contributed by atoms with Crippen molar-refractivity contribution in [1.82, 2.24) is 10.3 Å². The molecule has 0 saturated heterocycles. The van der Waals surface area contributed by atoms with Gasteiger partial charge in [0, 0.05) is 12.6 Å². The van der Waals surface area contributed by atoms with E-state index in [1.807, 2.05) is 12.1 Å². The topological polar surface area (TPSA) is 34.2 Å². The zero-order valence-electron chi connectivity index (χ0n) is 13.2. The average Bonchev–Trinajstić information content (AvgIpc) is 2.70. The van der Waals surface area contributed by atoms with Gasteiger partial charge < -0.3 is 10.1 Å². The summed E-state index contributed by atoms with van der Waals surface area (Å²) >= 11 is 6.22. The first-order valence-electron chi connectivity index (χ1n) is 8.18. The number of aromatic nitrogens is 1. The molecule has 0 atom stereocenters. The summed E-state index contributed by atoms with van der Waals surface area (Å²) in [6, 6.07) is 3.78. The molecule has 2 rings (SSSR count). The quantitative estimate of drug-likeness (QED) is 0.781. The number of rotatable bonds is 6. The van der Waals surface area contributed by atoms with Crippen molar-refractivity contribution in [2.75, 3.05) is 6.54 Å². The lowest BCUT2D eigenvalue weighted by molar-refractivity contribution is 0.175. The molecule has 4 heteroatoms. The largest absolute Gasteiger partial charge is 0.474 e. The van der Waals surface area contributed by atoms with Crippen LogP contribution in [0.5, 0.6) is 5.88 Å². The minimum atomic E-state index is 0.317. The molecule has 0 spiro atoms. The molecular weight excluding hydrogens is 284 g/mol. The van der Waals surface area contributed by atoms with E-state index in [1.54, 1.807) is 0 Å². The van der Waals surface area contributed by atoms with E-state index in [0.29, 0.717) is 29.5 Å². The molecule has 0 amide bonds. The number of ether oxygens (including phenoxy) is 1. The van der Waals surface area contributed by atoms with Crippen LogP contribution in [0, 0.1) is 5.92 Å². The van der Waals surface area contributed by atoms with E-state index in [9.17, 15) is 0 Å². The highest BCUT2D eigenvalue weighted by Crippen LogP contribution is 2.24. The summed E-state index contributed by atoms with van der Waals surface area (Å²) in [7, 11) is 0. The van der Waals surface area contributed by atoms with Gasteiger partial charge in [0.05, 0.1) is 10.7 Å². The summed E-state index contributed by atoms with van der Waals surface area (Å²) in [5, 5.41) is 4.09. The summed E-state index contributed by atoms with van der Waals surface area (Å²) in [6.07, 6.45) is 7.80. The Morgan fingerprint density at radius 3 is 2.62 bits per heavy atom. The van der Waals surface area contributed by atoms with E-state index in [2.05, 4.69) is 24.1 Å². The highest BCUT2D eigenvalue weighted by Gasteiger charge is 2.15. The van der Waals surface area contributed by atoms with Gasteiger partial charge in [-0.3, -0.25) is 0 Å². The Balaban J connectivity index is 1.93. The molecule has 1 fully saturated rings. The van der Waals surface area contributed by atoms with Crippen molar-refractivity contribution in [3.63, 3.8) is 0 Å². The summed E-state index contributed by atoms with van der Waals surface area (Å²) in [4.78, 5) is 4.58. The first-order chi connectivity index (χ1) is 10.1. The van der Waals surface area contributed by atoms with Crippen molar-refractivity contribution in [2.45, 2.75) is 65.0 Å². The van der Waals surface area contributed by atoms with Crippen LogP contribution in [-0.2, 0) is 6.54 Å². The van der Waals surface area contributed by atoms with Gasteiger partial charge in [0.25, 0.3) is 0 Å². The fraction of sp³-hybridized carbons (Fsp3) is 0.706. The predicted octanol–water partition coefficient (Wildman–Crippen LogP) is 4.58. The Labute approximate surface area is 133 Å². The van der Waals surface area contributed by atoms with Crippen LogP contribution < -0.4 is 10.1 Å². The van der Waals surface area contributed by atoms with E-state index in [1.165, 1.54) is 25.7 Å². The van der Waals surface area contributed by atoms with Crippen molar-refractivity contribution in [3.05, 3.63) is 22.8 Å². The Bertz CT molecular complexity index is 429. The molecule has 1 heterocycles. The van der Waals surface area contributed by atoms with Gasteiger partial charge >= 0.3 is 0 Å². The third kappa shape index (κ3) is 5.84. The van der Waals surface area contributed by atoms with Gasteiger partial charge in [-0.05, 0) is 44.2 Å². The molecule has 3 nitrogen and oxygen atoms in total. The highest BCUT2D eigenvalue weighted by atomic mass is 35.5. The number of halogens is 1. The normalized spacial score (nSPS) is 17.0. The van der Waals surface area contributed by atoms with Crippen LogP contribution in [0.3, 0.4) is 0 Å². The van der Waals surface area contributed by atoms with E-state index in [0.717, 1.165) is 25.1 Å². The van der Waals surface area contributed by atoms with Crippen LogP contribution in [0.4, 0.5) is 0 Å². The Morgan fingerprint density at radius 2 is 1.95 bits per heavy atom. The van der Waals surface area contributed by atoms with Crippen LogP contribution in [0.25, 0.3) is 0 Å². The van der Waals surface area contributed by atoms with E-state index in [-0.39, 0.29) is 0 Å². The molecule has 1 aliphatic carbocycles. The van der Waals surface area contributed by atoms with Crippen LogP contribution in [0.2, 0.25) is 5.02 Å². The van der Waals surface area contributed by atoms with Gasteiger partial charge in [-0.2, -0.15) is 0 Å². The second-order valence-corrected chi connectivity index (χ2v) is 6.74. The highest BCUT2D eigenvalue weighted by molar-refractivity contribution is 6.31. The van der Waals surface area contributed by atoms with E-state index >= 15 is 0 Å². The monoisotopic (exact) mass is 310 g/mol. The number of hydrogen-bond donors (Lipinski definition) is 1. The molecule has 1 aromatic heterocycles. The maximum Gasteiger partial charge on any atom is 0.213 e. The lowest BCUT2D eigenvalue weighted by atomic mass is 10.1. The molecule has 21 heavy (non-hydrogen) atoms. The van der Waals surface area contributed by atoms with E-state index < -0.39 is 0 Å². The maximum atomic E-state index is 6.22. The molecule has 1 aromatic rings. The van der Waals surface area contributed by atoms with Crippen LogP contribution in [0.15, 0.2) is 12.1 Å². The van der Waals surface area contributed by atoms with Crippen molar-refractivity contribution in [1.29, 1.82) is 0 Å². The minimum Gasteiger partial charge on any atom is -0.474 e. The fourth-order valence-corrected chi connectivity index (χ4v) is 2.84. The summed E-state index contributed by atoms with van der Waals surface area (Å²) in [6.45, 7) is 6.03. The predicted molar refractivity (Wildman–Crippen MR) is 87.9 cm³/mol. The first kappa shape index (κ1) is 16.6. The number of hydrogen-bond acceptors (Lipinski definition) is 3. The number of nitrogens with one attached hydrogen (secondary N) is 1. The SMILES string of the molecule is CC(C)CNCc1nc(OC2CCCCCC2)ccc1Cl.